The Labute approximate surface area is 114 Å². The molecule has 1 nitrogen and oxygen atoms in total. The van der Waals surface area contributed by atoms with Crippen LogP contribution in [0.4, 0.5) is 8.78 Å². The van der Waals surface area contributed by atoms with E-state index in [1.807, 2.05) is 11.4 Å². The summed E-state index contributed by atoms with van der Waals surface area (Å²) in [5.41, 5.74) is 6.00. The highest BCUT2D eigenvalue weighted by atomic mass is 79.9. The van der Waals surface area contributed by atoms with Crippen molar-refractivity contribution in [2.45, 2.75) is 6.04 Å². The maximum atomic E-state index is 13.7. The molecule has 0 saturated heterocycles. The van der Waals surface area contributed by atoms with E-state index in [4.69, 9.17) is 17.3 Å². The Hall–Kier alpha value is -0.490. The van der Waals surface area contributed by atoms with E-state index in [2.05, 4.69) is 15.9 Å². The Morgan fingerprint density at radius 3 is 2.59 bits per heavy atom. The second-order valence-electron chi connectivity index (χ2n) is 3.40. The van der Waals surface area contributed by atoms with Gasteiger partial charge in [-0.3, -0.25) is 0 Å². The molecular formula is C11H7BrClF2NS. The van der Waals surface area contributed by atoms with Gasteiger partial charge in [-0.1, -0.05) is 11.6 Å². The second-order valence-corrected chi connectivity index (χ2v) is 5.61. The van der Waals surface area contributed by atoms with Gasteiger partial charge in [-0.2, -0.15) is 0 Å². The van der Waals surface area contributed by atoms with E-state index in [9.17, 15) is 8.78 Å². The van der Waals surface area contributed by atoms with Gasteiger partial charge >= 0.3 is 0 Å². The summed E-state index contributed by atoms with van der Waals surface area (Å²) in [5, 5.41) is 1.58. The third kappa shape index (κ3) is 2.52. The molecule has 2 aromatic rings. The first-order valence-corrected chi connectivity index (χ1v) is 6.68. The van der Waals surface area contributed by atoms with E-state index in [-0.39, 0.29) is 10.6 Å². The molecule has 0 amide bonds. The molecule has 0 saturated carbocycles. The largest absolute Gasteiger partial charge is 0.319 e. The standard InChI is InChI=1S/C11H7BrClF2NS/c12-6-1-2-17-11(6)10(16)5-3-9(15)7(13)4-8(5)14/h1-4,10H,16H2. The minimum Gasteiger partial charge on any atom is -0.319 e. The molecule has 90 valence electrons. The Morgan fingerprint density at radius 1 is 1.29 bits per heavy atom. The van der Waals surface area contributed by atoms with Gasteiger partial charge in [0.2, 0.25) is 0 Å². The van der Waals surface area contributed by atoms with Gasteiger partial charge in [0.25, 0.3) is 0 Å². The number of thiophene rings is 1. The van der Waals surface area contributed by atoms with E-state index in [1.54, 1.807) is 0 Å². The van der Waals surface area contributed by atoms with Crippen LogP contribution in [0.15, 0.2) is 28.1 Å². The molecule has 1 aromatic carbocycles. The Morgan fingerprint density at radius 2 is 2.00 bits per heavy atom. The van der Waals surface area contributed by atoms with Crippen LogP contribution in [0, 0.1) is 11.6 Å². The lowest BCUT2D eigenvalue weighted by Crippen LogP contribution is -2.13. The van der Waals surface area contributed by atoms with Crippen LogP contribution in [0.5, 0.6) is 0 Å². The zero-order valence-electron chi connectivity index (χ0n) is 8.38. The third-order valence-corrected chi connectivity index (χ3v) is 4.55. The molecular weight excluding hydrogens is 332 g/mol. The first-order valence-electron chi connectivity index (χ1n) is 4.63. The summed E-state index contributed by atoms with van der Waals surface area (Å²) in [6, 6.07) is 3.07. The number of rotatable bonds is 2. The number of nitrogens with two attached hydrogens (primary N) is 1. The Kier molecular flexibility index (Phi) is 3.82. The lowest BCUT2D eigenvalue weighted by atomic mass is 10.1. The third-order valence-electron chi connectivity index (χ3n) is 2.30. The number of halogens is 4. The maximum absolute atomic E-state index is 13.7. The Balaban J connectivity index is 2.48. The zero-order chi connectivity index (χ0) is 12.6. The van der Waals surface area contributed by atoms with E-state index < -0.39 is 17.7 Å². The van der Waals surface area contributed by atoms with Gasteiger partial charge < -0.3 is 5.73 Å². The van der Waals surface area contributed by atoms with Gasteiger partial charge in [-0.15, -0.1) is 11.3 Å². The number of hydrogen-bond acceptors (Lipinski definition) is 2. The predicted molar refractivity (Wildman–Crippen MR) is 69.4 cm³/mol. The summed E-state index contributed by atoms with van der Waals surface area (Å²) in [6.07, 6.45) is 0. The van der Waals surface area contributed by atoms with Crippen molar-refractivity contribution in [3.8, 4) is 0 Å². The molecule has 17 heavy (non-hydrogen) atoms. The van der Waals surface area contributed by atoms with Crippen LogP contribution in [0.2, 0.25) is 5.02 Å². The second kappa shape index (κ2) is 5.02. The average molecular weight is 339 g/mol. The van der Waals surface area contributed by atoms with Gasteiger partial charge in [0.05, 0.1) is 11.1 Å². The quantitative estimate of drug-likeness (QED) is 0.802. The molecule has 2 rings (SSSR count). The molecule has 0 aliphatic carbocycles. The van der Waals surface area contributed by atoms with Crippen LogP contribution in [-0.2, 0) is 0 Å². The van der Waals surface area contributed by atoms with Crippen molar-refractivity contribution in [1.29, 1.82) is 0 Å². The smallest absolute Gasteiger partial charge is 0.142 e. The van der Waals surface area contributed by atoms with E-state index in [0.717, 1.165) is 21.5 Å². The fourth-order valence-corrected chi connectivity index (χ4v) is 3.23. The van der Waals surface area contributed by atoms with Crippen LogP contribution >= 0.6 is 38.9 Å². The molecule has 1 aromatic heterocycles. The number of benzene rings is 1. The van der Waals surface area contributed by atoms with Gasteiger partial charge in [0.1, 0.15) is 11.6 Å². The molecule has 0 spiro atoms. The monoisotopic (exact) mass is 337 g/mol. The molecule has 0 bridgehead atoms. The van der Waals surface area contributed by atoms with Crippen molar-refractivity contribution < 1.29 is 8.78 Å². The molecule has 0 fully saturated rings. The van der Waals surface area contributed by atoms with Gasteiger partial charge in [-0.05, 0) is 39.5 Å². The van der Waals surface area contributed by atoms with Crippen LogP contribution in [-0.4, -0.2) is 0 Å². The van der Waals surface area contributed by atoms with E-state index in [0.29, 0.717) is 0 Å². The van der Waals surface area contributed by atoms with Crippen molar-refractivity contribution in [3.63, 3.8) is 0 Å². The lowest BCUT2D eigenvalue weighted by Gasteiger charge is -2.12. The summed E-state index contributed by atoms with van der Waals surface area (Å²) < 4.78 is 27.7. The number of hydrogen-bond donors (Lipinski definition) is 1. The SMILES string of the molecule is NC(c1cc(F)c(Cl)cc1F)c1sccc1Br. The summed E-state index contributed by atoms with van der Waals surface area (Å²) in [4.78, 5) is 0.741. The van der Waals surface area contributed by atoms with Crippen LogP contribution in [0.25, 0.3) is 0 Å². The lowest BCUT2D eigenvalue weighted by molar-refractivity contribution is 0.578. The van der Waals surface area contributed by atoms with Crippen LogP contribution < -0.4 is 5.73 Å². The molecule has 1 heterocycles. The predicted octanol–water partition coefficient (Wildman–Crippen LogP) is 4.49. The van der Waals surface area contributed by atoms with Crippen molar-refractivity contribution >= 4 is 38.9 Å². The average Bonchev–Trinajstić information content (AvgIpc) is 2.69. The van der Waals surface area contributed by atoms with Crippen molar-refractivity contribution in [2.75, 3.05) is 0 Å². The van der Waals surface area contributed by atoms with Crippen LogP contribution in [0.1, 0.15) is 16.5 Å². The van der Waals surface area contributed by atoms with Gasteiger partial charge in [0, 0.05) is 14.9 Å². The van der Waals surface area contributed by atoms with Gasteiger partial charge in [-0.25, -0.2) is 8.78 Å². The zero-order valence-corrected chi connectivity index (χ0v) is 11.5. The van der Waals surface area contributed by atoms with Crippen molar-refractivity contribution in [2.24, 2.45) is 5.73 Å². The van der Waals surface area contributed by atoms with Crippen molar-refractivity contribution in [1.82, 2.24) is 0 Å². The summed E-state index contributed by atoms with van der Waals surface area (Å²) in [7, 11) is 0. The first kappa shape index (κ1) is 13.0. The molecule has 0 aliphatic rings. The van der Waals surface area contributed by atoms with E-state index >= 15 is 0 Å². The highest BCUT2D eigenvalue weighted by molar-refractivity contribution is 9.10. The topological polar surface area (TPSA) is 26.0 Å². The molecule has 0 aliphatic heterocycles. The minimum absolute atomic E-state index is 0.0926. The summed E-state index contributed by atoms with van der Waals surface area (Å²) in [5.74, 6) is -1.28. The summed E-state index contributed by atoms with van der Waals surface area (Å²) in [6.45, 7) is 0. The minimum atomic E-state index is -0.712. The maximum Gasteiger partial charge on any atom is 0.142 e. The fourth-order valence-electron chi connectivity index (χ4n) is 1.44. The first-order chi connectivity index (χ1) is 8.00. The molecule has 2 N–H and O–H groups in total. The fraction of sp³-hybridized carbons (Fsp3) is 0.0909. The van der Waals surface area contributed by atoms with Crippen LogP contribution in [0.3, 0.4) is 0 Å². The highest BCUT2D eigenvalue weighted by Crippen LogP contribution is 2.33. The summed E-state index contributed by atoms with van der Waals surface area (Å²) >= 11 is 10.2. The highest BCUT2D eigenvalue weighted by Gasteiger charge is 2.19. The Bertz CT molecular complexity index is 558. The van der Waals surface area contributed by atoms with Gasteiger partial charge in [0.15, 0.2) is 0 Å². The van der Waals surface area contributed by atoms with E-state index in [1.165, 1.54) is 11.3 Å². The molecule has 1 atom stereocenters. The molecule has 0 radical (unpaired) electrons. The van der Waals surface area contributed by atoms with Crippen molar-refractivity contribution in [3.05, 3.63) is 55.1 Å². The molecule has 1 unspecified atom stereocenters. The molecule has 6 heteroatoms. The normalized spacial score (nSPS) is 12.8.